The summed E-state index contributed by atoms with van der Waals surface area (Å²) in [5, 5.41) is 5.88. The normalized spacial score (nSPS) is 18.4. The number of primary amides is 1. The zero-order valence-corrected chi connectivity index (χ0v) is 10.4. The van der Waals surface area contributed by atoms with Crippen molar-refractivity contribution in [3.63, 3.8) is 0 Å². The first-order valence-corrected chi connectivity index (χ1v) is 6.14. The van der Waals surface area contributed by atoms with Gasteiger partial charge in [0.2, 0.25) is 11.8 Å². The molecule has 1 heterocycles. The first-order valence-electron chi connectivity index (χ1n) is 6.14. The van der Waals surface area contributed by atoms with Gasteiger partial charge < -0.3 is 16.4 Å². The van der Waals surface area contributed by atoms with Crippen LogP contribution in [0.5, 0.6) is 0 Å². The number of nitrogens with two attached hydrogens (primary N) is 1. The van der Waals surface area contributed by atoms with E-state index in [2.05, 4.69) is 10.6 Å². The van der Waals surface area contributed by atoms with Gasteiger partial charge in [-0.2, -0.15) is 0 Å². The van der Waals surface area contributed by atoms with Crippen molar-refractivity contribution in [1.29, 1.82) is 0 Å². The van der Waals surface area contributed by atoms with E-state index in [1.165, 1.54) is 18.2 Å². The third-order valence-corrected chi connectivity index (χ3v) is 3.12. The fourth-order valence-electron chi connectivity index (χ4n) is 2.07. The zero-order chi connectivity index (χ0) is 13.8. The summed E-state index contributed by atoms with van der Waals surface area (Å²) in [6.45, 7) is 0.866. The summed E-state index contributed by atoms with van der Waals surface area (Å²) in [5.41, 5.74) is 5.82. The van der Waals surface area contributed by atoms with Crippen molar-refractivity contribution < 1.29 is 14.0 Å². The van der Waals surface area contributed by atoms with E-state index in [9.17, 15) is 14.0 Å². The quantitative estimate of drug-likeness (QED) is 0.715. The smallest absolute Gasteiger partial charge is 0.248 e. The molecule has 0 bridgehead atoms. The molecule has 1 aliphatic rings. The minimum absolute atomic E-state index is 0.0497. The maximum atomic E-state index is 13.5. The van der Waals surface area contributed by atoms with E-state index < -0.39 is 5.91 Å². The average molecular weight is 265 g/mol. The Labute approximate surface area is 110 Å². The Balaban J connectivity index is 1.90. The van der Waals surface area contributed by atoms with Crippen molar-refractivity contribution in [1.82, 2.24) is 10.6 Å². The SMILES string of the molecule is NC(=O)c1ccc(F)c(CNCC2CCC(=O)N2)c1. The fraction of sp³-hybridized carbons (Fsp3) is 0.385. The van der Waals surface area contributed by atoms with Crippen molar-refractivity contribution >= 4 is 11.8 Å². The summed E-state index contributed by atoms with van der Waals surface area (Å²) < 4.78 is 13.5. The molecule has 1 aromatic carbocycles. The summed E-state index contributed by atoms with van der Waals surface area (Å²) in [5.74, 6) is -0.911. The van der Waals surface area contributed by atoms with Crippen molar-refractivity contribution in [2.45, 2.75) is 25.4 Å². The molecule has 102 valence electrons. The van der Waals surface area contributed by atoms with Gasteiger partial charge in [-0.3, -0.25) is 9.59 Å². The van der Waals surface area contributed by atoms with Gasteiger partial charge in [0.15, 0.2) is 0 Å². The molecule has 2 amide bonds. The third kappa shape index (κ3) is 3.51. The molecule has 0 radical (unpaired) electrons. The van der Waals surface area contributed by atoms with Crippen LogP contribution in [0.4, 0.5) is 4.39 Å². The lowest BCUT2D eigenvalue weighted by Gasteiger charge is -2.12. The number of hydrogen-bond donors (Lipinski definition) is 3. The second kappa shape index (κ2) is 5.79. The van der Waals surface area contributed by atoms with Crippen LogP contribution in [0, 0.1) is 5.82 Å². The second-order valence-electron chi connectivity index (χ2n) is 4.60. The molecule has 1 fully saturated rings. The summed E-state index contributed by atoms with van der Waals surface area (Å²) >= 11 is 0. The summed E-state index contributed by atoms with van der Waals surface area (Å²) in [4.78, 5) is 22.0. The molecule has 1 unspecified atom stereocenters. The molecule has 1 atom stereocenters. The maximum absolute atomic E-state index is 13.5. The molecular weight excluding hydrogens is 249 g/mol. The van der Waals surface area contributed by atoms with Crippen molar-refractivity contribution in [3.8, 4) is 0 Å². The van der Waals surface area contributed by atoms with Crippen LogP contribution in [0.1, 0.15) is 28.8 Å². The molecule has 1 aromatic rings. The Morgan fingerprint density at radius 3 is 2.95 bits per heavy atom. The topological polar surface area (TPSA) is 84.2 Å². The molecule has 4 N–H and O–H groups in total. The molecule has 0 aromatic heterocycles. The van der Waals surface area contributed by atoms with E-state index >= 15 is 0 Å². The van der Waals surface area contributed by atoms with Gasteiger partial charge in [-0.1, -0.05) is 0 Å². The lowest BCUT2D eigenvalue weighted by Crippen LogP contribution is -2.35. The number of carbonyl (C=O) groups excluding carboxylic acids is 2. The average Bonchev–Trinajstić information content (AvgIpc) is 2.77. The Morgan fingerprint density at radius 1 is 1.53 bits per heavy atom. The van der Waals surface area contributed by atoms with E-state index in [0.717, 1.165) is 6.42 Å². The second-order valence-corrected chi connectivity index (χ2v) is 4.60. The van der Waals surface area contributed by atoms with Crippen molar-refractivity contribution in [3.05, 3.63) is 35.1 Å². The molecule has 0 saturated carbocycles. The Morgan fingerprint density at radius 2 is 2.32 bits per heavy atom. The standard InChI is InChI=1S/C13H16FN3O2/c14-11-3-1-8(13(15)19)5-9(11)6-16-7-10-2-4-12(18)17-10/h1,3,5,10,16H,2,4,6-7H2,(H2,15,19)(H,17,18). The number of nitrogens with one attached hydrogen (secondary N) is 2. The summed E-state index contributed by atoms with van der Waals surface area (Å²) in [6.07, 6.45) is 1.33. The number of amides is 2. The van der Waals surface area contributed by atoms with Gasteiger partial charge in [0.05, 0.1) is 0 Å². The lowest BCUT2D eigenvalue weighted by molar-refractivity contribution is -0.119. The number of hydrogen-bond acceptors (Lipinski definition) is 3. The number of carbonyl (C=O) groups is 2. The molecule has 5 nitrogen and oxygen atoms in total. The molecule has 0 aliphatic carbocycles. The monoisotopic (exact) mass is 265 g/mol. The Kier molecular flexibility index (Phi) is 4.11. The Bertz CT molecular complexity index is 505. The van der Waals surface area contributed by atoms with Crippen LogP contribution >= 0.6 is 0 Å². The van der Waals surface area contributed by atoms with E-state index in [1.807, 2.05) is 0 Å². The van der Waals surface area contributed by atoms with Gasteiger partial charge in [-0.15, -0.1) is 0 Å². The van der Waals surface area contributed by atoms with E-state index in [0.29, 0.717) is 25.1 Å². The first-order chi connectivity index (χ1) is 9.06. The lowest BCUT2D eigenvalue weighted by atomic mass is 10.1. The number of benzene rings is 1. The highest BCUT2D eigenvalue weighted by Gasteiger charge is 2.20. The van der Waals surface area contributed by atoms with E-state index in [1.54, 1.807) is 0 Å². The van der Waals surface area contributed by atoms with Crippen molar-refractivity contribution in [2.24, 2.45) is 5.73 Å². The number of halogens is 1. The van der Waals surface area contributed by atoms with Gasteiger partial charge in [-0.05, 0) is 24.6 Å². The Hall–Kier alpha value is -1.95. The molecule has 0 spiro atoms. The molecule has 1 saturated heterocycles. The summed E-state index contributed by atoms with van der Waals surface area (Å²) in [6, 6.07) is 4.12. The zero-order valence-electron chi connectivity index (χ0n) is 10.4. The largest absolute Gasteiger partial charge is 0.366 e. The minimum Gasteiger partial charge on any atom is -0.366 e. The first kappa shape index (κ1) is 13.5. The van der Waals surface area contributed by atoms with Gasteiger partial charge in [0, 0.05) is 36.7 Å². The van der Waals surface area contributed by atoms with Crippen LogP contribution in [0.2, 0.25) is 0 Å². The van der Waals surface area contributed by atoms with Crippen LogP contribution in [-0.2, 0) is 11.3 Å². The van der Waals surface area contributed by atoms with Crippen LogP contribution in [-0.4, -0.2) is 24.4 Å². The van der Waals surface area contributed by atoms with Crippen LogP contribution < -0.4 is 16.4 Å². The summed E-state index contributed by atoms with van der Waals surface area (Å²) in [7, 11) is 0. The van der Waals surface area contributed by atoms with Gasteiger partial charge in [0.25, 0.3) is 0 Å². The number of rotatable bonds is 5. The van der Waals surface area contributed by atoms with Crippen LogP contribution in [0.3, 0.4) is 0 Å². The van der Waals surface area contributed by atoms with Gasteiger partial charge >= 0.3 is 0 Å². The minimum atomic E-state index is -0.579. The van der Waals surface area contributed by atoms with Crippen LogP contribution in [0.25, 0.3) is 0 Å². The molecule has 6 heteroatoms. The van der Waals surface area contributed by atoms with Crippen molar-refractivity contribution in [2.75, 3.05) is 6.54 Å². The third-order valence-electron chi connectivity index (χ3n) is 3.12. The predicted octanol–water partition coefficient (Wildman–Crippen LogP) is 0.293. The highest BCUT2D eigenvalue weighted by molar-refractivity contribution is 5.92. The molecular formula is C13H16FN3O2. The highest BCUT2D eigenvalue weighted by Crippen LogP contribution is 2.11. The van der Waals surface area contributed by atoms with Gasteiger partial charge in [-0.25, -0.2) is 4.39 Å². The van der Waals surface area contributed by atoms with E-state index in [-0.39, 0.29) is 23.3 Å². The molecule has 2 rings (SSSR count). The van der Waals surface area contributed by atoms with Gasteiger partial charge in [0.1, 0.15) is 5.82 Å². The predicted molar refractivity (Wildman–Crippen MR) is 67.8 cm³/mol. The highest BCUT2D eigenvalue weighted by atomic mass is 19.1. The molecule has 1 aliphatic heterocycles. The fourth-order valence-corrected chi connectivity index (χ4v) is 2.07. The molecule has 19 heavy (non-hydrogen) atoms. The van der Waals surface area contributed by atoms with E-state index in [4.69, 9.17) is 5.73 Å². The van der Waals surface area contributed by atoms with Crippen LogP contribution in [0.15, 0.2) is 18.2 Å². The maximum Gasteiger partial charge on any atom is 0.248 e.